The van der Waals surface area contributed by atoms with Crippen molar-refractivity contribution in [3.05, 3.63) is 58.1 Å². The second-order valence-electron chi connectivity index (χ2n) is 6.29. The van der Waals surface area contributed by atoms with Crippen molar-refractivity contribution in [2.75, 3.05) is 11.9 Å². The van der Waals surface area contributed by atoms with Crippen LogP contribution in [0.2, 0.25) is 10.0 Å². The second kappa shape index (κ2) is 10.5. The maximum atomic E-state index is 12.6. The van der Waals surface area contributed by atoms with Gasteiger partial charge in [-0.1, -0.05) is 35.0 Å². The number of carbonyl (C=O) groups is 3. The molecule has 0 spiro atoms. The highest BCUT2D eigenvalue weighted by atomic mass is 35.5. The molecule has 1 aliphatic rings. The van der Waals surface area contributed by atoms with Crippen LogP contribution < -0.4 is 20.8 Å². The Hall–Kier alpha value is -2.75. The lowest BCUT2D eigenvalue weighted by molar-refractivity contribution is -0.123. The van der Waals surface area contributed by atoms with E-state index in [4.69, 9.17) is 27.9 Å². The Morgan fingerprint density at radius 3 is 2.65 bits per heavy atom. The van der Waals surface area contributed by atoms with E-state index in [0.717, 1.165) is 11.8 Å². The van der Waals surface area contributed by atoms with Crippen LogP contribution in [0, 0.1) is 0 Å². The van der Waals surface area contributed by atoms with Crippen LogP contribution in [0.4, 0.5) is 5.69 Å². The maximum absolute atomic E-state index is 12.6. The molecule has 1 aliphatic heterocycles. The SMILES string of the molecule is CCOc1ccc(NC(=O)[C@@H]2CC(=O)N/C(=N\NC(=O)c3ccc(Cl)cc3Cl)S2)cc1. The number of amides is 3. The molecule has 0 radical (unpaired) electrons. The number of nitrogens with zero attached hydrogens (tertiary/aromatic N) is 1. The van der Waals surface area contributed by atoms with Crippen molar-refractivity contribution in [1.82, 2.24) is 10.7 Å². The van der Waals surface area contributed by atoms with Crippen LogP contribution >= 0.6 is 35.0 Å². The quantitative estimate of drug-likeness (QED) is 0.546. The van der Waals surface area contributed by atoms with Gasteiger partial charge in [-0.05, 0) is 49.4 Å². The van der Waals surface area contributed by atoms with Gasteiger partial charge < -0.3 is 15.4 Å². The smallest absolute Gasteiger partial charge is 0.272 e. The third-order valence-corrected chi connectivity index (χ3v) is 5.66. The molecule has 0 saturated carbocycles. The Balaban J connectivity index is 1.62. The summed E-state index contributed by atoms with van der Waals surface area (Å²) in [4.78, 5) is 36.9. The molecule has 0 aromatic heterocycles. The first-order valence-electron chi connectivity index (χ1n) is 9.19. The molecule has 11 heteroatoms. The molecule has 1 atom stereocenters. The Morgan fingerprint density at radius 2 is 1.97 bits per heavy atom. The van der Waals surface area contributed by atoms with Crippen LogP contribution in [0.5, 0.6) is 5.75 Å². The minimum absolute atomic E-state index is 0.0243. The van der Waals surface area contributed by atoms with Crippen LogP contribution in [0.3, 0.4) is 0 Å². The van der Waals surface area contributed by atoms with E-state index in [1.54, 1.807) is 24.3 Å². The van der Waals surface area contributed by atoms with E-state index in [2.05, 4.69) is 21.2 Å². The maximum Gasteiger partial charge on any atom is 0.272 e. The number of ether oxygens (including phenoxy) is 1. The van der Waals surface area contributed by atoms with Gasteiger partial charge in [0.2, 0.25) is 11.8 Å². The van der Waals surface area contributed by atoms with E-state index >= 15 is 0 Å². The molecule has 2 aromatic carbocycles. The number of carbonyl (C=O) groups excluding carboxylic acids is 3. The summed E-state index contributed by atoms with van der Waals surface area (Å²) >= 11 is 12.9. The van der Waals surface area contributed by atoms with Crippen LogP contribution in [-0.2, 0) is 9.59 Å². The van der Waals surface area contributed by atoms with Gasteiger partial charge in [0.05, 0.1) is 17.2 Å². The molecule has 2 aromatic rings. The van der Waals surface area contributed by atoms with Crippen LogP contribution in [0.1, 0.15) is 23.7 Å². The van der Waals surface area contributed by atoms with E-state index in [1.807, 2.05) is 6.92 Å². The van der Waals surface area contributed by atoms with E-state index in [0.29, 0.717) is 23.1 Å². The summed E-state index contributed by atoms with van der Waals surface area (Å²) < 4.78 is 5.37. The first-order chi connectivity index (χ1) is 14.9. The molecule has 31 heavy (non-hydrogen) atoms. The predicted molar refractivity (Wildman–Crippen MR) is 122 cm³/mol. The van der Waals surface area contributed by atoms with Gasteiger partial charge in [-0.2, -0.15) is 0 Å². The first kappa shape index (κ1) is 22.9. The van der Waals surface area contributed by atoms with Gasteiger partial charge >= 0.3 is 0 Å². The van der Waals surface area contributed by atoms with Gasteiger partial charge in [0.1, 0.15) is 11.0 Å². The van der Waals surface area contributed by atoms with Crippen molar-refractivity contribution in [3.63, 3.8) is 0 Å². The molecule has 0 aliphatic carbocycles. The Labute approximate surface area is 192 Å². The van der Waals surface area contributed by atoms with Crippen molar-refractivity contribution in [2.45, 2.75) is 18.6 Å². The van der Waals surface area contributed by atoms with Crippen molar-refractivity contribution in [3.8, 4) is 5.75 Å². The Kier molecular flexibility index (Phi) is 7.78. The number of hydrogen-bond acceptors (Lipinski definition) is 6. The summed E-state index contributed by atoms with van der Waals surface area (Å²) in [6.45, 7) is 2.43. The van der Waals surface area contributed by atoms with Crippen LogP contribution in [-0.4, -0.2) is 34.7 Å². The fourth-order valence-electron chi connectivity index (χ4n) is 2.60. The summed E-state index contributed by atoms with van der Waals surface area (Å²) in [5, 5.41) is 9.13. The molecule has 0 unspecified atom stereocenters. The molecule has 1 fully saturated rings. The summed E-state index contributed by atoms with van der Waals surface area (Å²) in [5.74, 6) is -0.630. The van der Waals surface area contributed by atoms with Crippen molar-refractivity contribution >= 4 is 63.5 Å². The third-order valence-electron chi connectivity index (χ3n) is 4.03. The predicted octanol–water partition coefficient (Wildman–Crippen LogP) is 3.65. The highest BCUT2D eigenvalue weighted by molar-refractivity contribution is 8.15. The lowest BCUT2D eigenvalue weighted by atomic mass is 10.2. The fraction of sp³-hybridized carbons (Fsp3) is 0.200. The van der Waals surface area contributed by atoms with Crippen molar-refractivity contribution < 1.29 is 19.1 Å². The molecular weight excluding hydrogens is 463 g/mol. The van der Waals surface area contributed by atoms with Crippen LogP contribution in [0.15, 0.2) is 47.6 Å². The molecular formula is C20H18Cl2N4O4S. The zero-order chi connectivity index (χ0) is 22.4. The summed E-state index contributed by atoms with van der Waals surface area (Å²) in [7, 11) is 0. The summed E-state index contributed by atoms with van der Waals surface area (Å²) in [6, 6.07) is 11.3. The second-order valence-corrected chi connectivity index (χ2v) is 8.32. The standard InChI is InChI=1S/C20H18Cl2N4O4S/c1-2-30-13-6-4-12(5-7-13)23-19(29)16-10-17(27)24-20(31-16)26-25-18(28)14-8-3-11(21)9-15(14)22/h3-9,16H,2,10H2,1H3,(H,23,29)(H,25,28)(H,24,26,27)/t16-/m0/s1. The normalized spacial score (nSPS) is 17.1. The third kappa shape index (κ3) is 6.36. The average molecular weight is 481 g/mol. The molecule has 8 nitrogen and oxygen atoms in total. The van der Waals surface area contributed by atoms with E-state index in [1.165, 1.54) is 18.2 Å². The zero-order valence-corrected chi connectivity index (χ0v) is 18.6. The highest BCUT2D eigenvalue weighted by Crippen LogP contribution is 2.24. The number of rotatable bonds is 6. The zero-order valence-electron chi connectivity index (χ0n) is 16.3. The number of hydrogen-bond donors (Lipinski definition) is 3. The molecule has 1 saturated heterocycles. The monoisotopic (exact) mass is 480 g/mol. The molecule has 162 valence electrons. The number of amidine groups is 1. The molecule has 3 amide bonds. The molecule has 3 N–H and O–H groups in total. The summed E-state index contributed by atoms with van der Waals surface area (Å²) in [5.41, 5.74) is 3.06. The van der Waals surface area contributed by atoms with Gasteiger partial charge in [0, 0.05) is 17.1 Å². The Bertz CT molecular complexity index is 1030. The number of hydrazone groups is 1. The minimum Gasteiger partial charge on any atom is -0.494 e. The van der Waals surface area contributed by atoms with Crippen molar-refractivity contribution in [1.29, 1.82) is 0 Å². The number of anilines is 1. The highest BCUT2D eigenvalue weighted by Gasteiger charge is 2.30. The lowest BCUT2D eigenvalue weighted by Gasteiger charge is -2.22. The van der Waals surface area contributed by atoms with E-state index in [9.17, 15) is 14.4 Å². The summed E-state index contributed by atoms with van der Waals surface area (Å²) in [6.07, 6.45) is -0.0243. The molecule has 3 rings (SSSR count). The van der Waals surface area contributed by atoms with Gasteiger partial charge in [0.15, 0.2) is 5.17 Å². The Morgan fingerprint density at radius 1 is 1.23 bits per heavy atom. The van der Waals surface area contributed by atoms with E-state index < -0.39 is 11.2 Å². The molecule has 1 heterocycles. The van der Waals surface area contributed by atoms with Gasteiger partial charge in [-0.15, -0.1) is 5.10 Å². The van der Waals surface area contributed by atoms with E-state index in [-0.39, 0.29) is 34.0 Å². The molecule has 0 bridgehead atoms. The van der Waals surface area contributed by atoms with Crippen LogP contribution in [0.25, 0.3) is 0 Å². The average Bonchev–Trinajstić information content (AvgIpc) is 2.73. The number of thioether (sulfide) groups is 1. The van der Waals surface area contributed by atoms with Crippen molar-refractivity contribution in [2.24, 2.45) is 5.10 Å². The van der Waals surface area contributed by atoms with Gasteiger partial charge in [-0.3, -0.25) is 14.4 Å². The number of halogens is 2. The fourth-order valence-corrected chi connectivity index (χ4v) is 4.04. The van der Waals surface area contributed by atoms with Gasteiger partial charge in [-0.25, -0.2) is 5.43 Å². The lowest BCUT2D eigenvalue weighted by Crippen LogP contribution is -2.42. The van der Waals surface area contributed by atoms with Gasteiger partial charge in [0.25, 0.3) is 5.91 Å². The minimum atomic E-state index is -0.713. The largest absolute Gasteiger partial charge is 0.494 e. The first-order valence-corrected chi connectivity index (χ1v) is 10.8. The number of benzene rings is 2. The number of nitrogens with one attached hydrogen (secondary N) is 3. The topological polar surface area (TPSA) is 109 Å².